The van der Waals surface area contributed by atoms with Crippen molar-refractivity contribution in [3.8, 4) is 11.8 Å². The molecular formula is C12H10BrN3. The topological polar surface area (TPSA) is 41.6 Å². The van der Waals surface area contributed by atoms with Gasteiger partial charge in [0.05, 0.1) is 11.3 Å². The number of rotatable bonds is 2. The molecule has 0 saturated heterocycles. The Bertz CT molecular complexity index is 552. The largest absolute Gasteiger partial charge is 0.302 e. The molecule has 16 heavy (non-hydrogen) atoms. The summed E-state index contributed by atoms with van der Waals surface area (Å²) >= 11 is 3.36. The number of hydrogen-bond donors (Lipinski definition) is 0. The summed E-state index contributed by atoms with van der Waals surface area (Å²) in [4.78, 5) is 4.25. The summed E-state index contributed by atoms with van der Waals surface area (Å²) in [6, 6.07) is 7.86. The van der Waals surface area contributed by atoms with E-state index in [1.807, 2.05) is 35.9 Å². The molecule has 2 rings (SSSR count). The average molecular weight is 276 g/mol. The first-order valence-electron chi connectivity index (χ1n) is 4.98. The lowest BCUT2D eigenvalue weighted by atomic mass is 10.2. The lowest BCUT2D eigenvalue weighted by Gasteiger charge is -2.08. The number of benzene rings is 1. The van der Waals surface area contributed by atoms with Crippen molar-refractivity contribution < 1.29 is 0 Å². The lowest BCUT2D eigenvalue weighted by Crippen LogP contribution is -2.01. The predicted molar refractivity (Wildman–Crippen MR) is 65.4 cm³/mol. The Balaban J connectivity index is 2.61. The van der Waals surface area contributed by atoms with Gasteiger partial charge >= 0.3 is 0 Å². The summed E-state index contributed by atoms with van der Waals surface area (Å²) in [5.74, 6) is 0.957. The smallest absolute Gasteiger partial charge is 0.112 e. The van der Waals surface area contributed by atoms with Crippen molar-refractivity contribution in [3.63, 3.8) is 0 Å². The first-order chi connectivity index (χ1) is 7.76. The molecule has 0 spiro atoms. The summed E-state index contributed by atoms with van der Waals surface area (Å²) in [6.07, 6.45) is 4.47. The van der Waals surface area contributed by atoms with Gasteiger partial charge in [0.1, 0.15) is 11.9 Å². The zero-order chi connectivity index (χ0) is 11.5. The van der Waals surface area contributed by atoms with Crippen molar-refractivity contribution in [2.75, 3.05) is 0 Å². The Morgan fingerprint density at radius 3 is 3.00 bits per heavy atom. The average Bonchev–Trinajstić information content (AvgIpc) is 2.76. The van der Waals surface area contributed by atoms with Crippen LogP contribution in [-0.4, -0.2) is 9.55 Å². The van der Waals surface area contributed by atoms with E-state index < -0.39 is 0 Å². The third-order valence-corrected chi connectivity index (χ3v) is 2.87. The van der Waals surface area contributed by atoms with E-state index in [0.29, 0.717) is 5.56 Å². The van der Waals surface area contributed by atoms with Crippen molar-refractivity contribution in [1.82, 2.24) is 9.55 Å². The Kier molecular flexibility index (Phi) is 3.07. The van der Waals surface area contributed by atoms with Gasteiger partial charge in [-0.05, 0) is 18.2 Å². The number of aromatic nitrogens is 2. The van der Waals surface area contributed by atoms with Crippen LogP contribution in [0.4, 0.5) is 0 Å². The lowest BCUT2D eigenvalue weighted by molar-refractivity contribution is 0.889. The molecule has 4 heteroatoms. The van der Waals surface area contributed by atoms with Gasteiger partial charge < -0.3 is 4.57 Å². The summed E-state index contributed by atoms with van der Waals surface area (Å²) in [5.41, 5.74) is 1.52. The molecule has 2 aromatic rings. The second-order valence-corrected chi connectivity index (χ2v) is 4.26. The number of hydrogen-bond acceptors (Lipinski definition) is 2. The molecule has 0 unspecified atom stereocenters. The second-order valence-electron chi connectivity index (χ2n) is 3.34. The van der Waals surface area contributed by atoms with Gasteiger partial charge in [0.25, 0.3) is 0 Å². The fourth-order valence-corrected chi connectivity index (χ4v) is 1.98. The van der Waals surface area contributed by atoms with E-state index in [1.54, 1.807) is 6.20 Å². The van der Waals surface area contributed by atoms with Gasteiger partial charge in [-0.25, -0.2) is 4.98 Å². The second kappa shape index (κ2) is 4.50. The highest BCUT2D eigenvalue weighted by molar-refractivity contribution is 9.10. The van der Waals surface area contributed by atoms with E-state index >= 15 is 0 Å². The van der Waals surface area contributed by atoms with Crippen molar-refractivity contribution in [1.29, 1.82) is 5.26 Å². The van der Waals surface area contributed by atoms with Crippen LogP contribution < -0.4 is 0 Å². The van der Waals surface area contributed by atoms with Crippen LogP contribution in [0.25, 0.3) is 5.69 Å². The summed E-state index contributed by atoms with van der Waals surface area (Å²) in [5, 5.41) is 9.10. The molecule has 0 aliphatic carbocycles. The minimum absolute atomic E-state index is 0.641. The molecule has 1 aromatic heterocycles. The van der Waals surface area contributed by atoms with Crippen LogP contribution >= 0.6 is 15.9 Å². The van der Waals surface area contributed by atoms with Crippen molar-refractivity contribution >= 4 is 15.9 Å². The normalized spacial score (nSPS) is 10.1. The van der Waals surface area contributed by atoms with Crippen LogP contribution in [-0.2, 0) is 6.42 Å². The van der Waals surface area contributed by atoms with E-state index in [-0.39, 0.29) is 0 Å². The van der Waals surface area contributed by atoms with Crippen LogP contribution in [0.3, 0.4) is 0 Å². The minimum atomic E-state index is 0.641. The van der Waals surface area contributed by atoms with Gasteiger partial charge in [-0.2, -0.15) is 5.26 Å². The molecule has 1 aromatic carbocycles. The zero-order valence-electron chi connectivity index (χ0n) is 8.81. The highest BCUT2D eigenvalue weighted by atomic mass is 79.9. The number of nitriles is 1. The quantitative estimate of drug-likeness (QED) is 0.845. The number of imidazole rings is 1. The van der Waals surface area contributed by atoms with Crippen molar-refractivity contribution in [3.05, 3.63) is 46.5 Å². The number of halogens is 1. The highest BCUT2D eigenvalue weighted by Gasteiger charge is 2.08. The van der Waals surface area contributed by atoms with Gasteiger partial charge in [0.2, 0.25) is 0 Å². The fraction of sp³-hybridized carbons (Fsp3) is 0.167. The fourth-order valence-electron chi connectivity index (χ4n) is 1.62. The first kappa shape index (κ1) is 10.9. The molecule has 0 radical (unpaired) electrons. The van der Waals surface area contributed by atoms with Crippen LogP contribution in [0.5, 0.6) is 0 Å². The monoisotopic (exact) mass is 275 g/mol. The highest BCUT2D eigenvalue weighted by Crippen LogP contribution is 2.20. The van der Waals surface area contributed by atoms with Crippen molar-refractivity contribution in [2.24, 2.45) is 0 Å². The molecule has 1 heterocycles. The summed E-state index contributed by atoms with van der Waals surface area (Å²) in [6.45, 7) is 2.05. The van der Waals surface area contributed by atoms with E-state index in [9.17, 15) is 0 Å². The minimum Gasteiger partial charge on any atom is -0.302 e. The Labute approximate surface area is 102 Å². The van der Waals surface area contributed by atoms with Gasteiger partial charge in [0, 0.05) is 23.3 Å². The third-order valence-electron chi connectivity index (χ3n) is 2.37. The summed E-state index contributed by atoms with van der Waals surface area (Å²) in [7, 11) is 0. The Morgan fingerprint density at radius 2 is 2.31 bits per heavy atom. The molecular weight excluding hydrogens is 266 g/mol. The maximum atomic E-state index is 9.10. The Morgan fingerprint density at radius 1 is 1.50 bits per heavy atom. The predicted octanol–water partition coefficient (Wildman–Crippen LogP) is 3.07. The van der Waals surface area contributed by atoms with Crippen molar-refractivity contribution in [2.45, 2.75) is 13.3 Å². The van der Waals surface area contributed by atoms with Gasteiger partial charge in [-0.3, -0.25) is 0 Å². The molecule has 80 valence electrons. The van der Waals surface area contributed by atoms with Crippen LogP contribution in [0, 0.1) is 11.3 Å². The van der Waals surface area contributed by atoms with Gasteiger partial charge in [0.15, 0.2) is 0 Å². The molecule has 0 bridgehead atoms. The van der Waals surface area contributed by atoms with E-state index in [0.717, 1.165) is 22.4 Å². The zero-order valence-corrected chi connectivity index (χ0v) is 10.4. The first-order valence-corrected chi connectivity index (χ1v) is 5.77. The standard InChI is InChI=1S/C12H10BrN3/c1-2-12-15-5-6-16(12)11-4-3-10(13)7-9(11)8-14/h3-7H,2H2,1H3. The maximum Gasteiger partial charge on any atom is 0.112 e. The van der Waals surface area contributed by atoms with Gasteiger partial charge in [-0.15, -0.1) is 0 Å². The van der Waals surface area contributed by atoms with Gasteiger partial charge in [-0.1, -0.05) is 22.9 Å². The van der Waals surface area contributed by atoms with E-state index in [1.165, 1.54) is 0 Å². The molecule has 3 nitrogen and oxygen atoms in total. The van der Waals surface area contributed by atoms with Crippen LogP contribution in [0.1, 0.15) is 18.3 Å². The molecule has 0 saturated carbocycles. The number of aryl methyl sites for hydroxylation is 1. The molecule has 0 aliphatic rings. The SMILES string of the molecule is CCc1nccn1-c1ccc(Br)cc1C#N. The van der Waals surface area contributed by atoms with Crippen LogP contribution in [0.15, 0.2) is 35.1 Å². The van der Waals surface area contributed by atoms with E-state index in [2.05, 4.69) is 27.0 Å². The Hall–Kier alpha value is -1.60. The molecule has 0 atom stereocenters. The number of nitrogens with zero attached hydrogens (tertiary/aromatic N) is 3. The molecule has 0 N–H and O–H groups in total. The molecule has 0 amide bonds. The molecule has 0 fully saturated rings. The molecule has 0 aliphatic heterocycles. The third kappa shape index (κ3) is 1.86. The maximum absolute atomic E-state index is 9.10. The summed E-state index contributed by atoms with van der Waals surface area (Å²) < 4.78 is 2.86. The van der Waals surface area contributed by atoms with Crippen LogP contribution in [0.2, 0.25) is 0 Å². The van der Waals surface area contributed by atoms with E-state index in [4.69, 9.17) is 5.26 Å².